The maximum Gasteiger partial charge on any atom is 0.331 e. The van der Waals surface area contributed by atoms with Crippen LogP contribution in [0, 0.1) is 0 Å². The molecule has 0 unspecified atom stereocenters. The molecule has 0 fully saturated rings. The second-order valence-electron chi connectivity index (χ2n) is 3.92. The van der Waals surface area contributed by atoms with Gasteiger partial charge in [0.15, 0.2) is 0 Å². The standard InChI is InChI=1S/C13H13ClN2O2/c1-15-11(10-5-3-2-4-6-10)9-12(17)16(8-7-14)13(15)18/h2-6,9H,7-8H2,1H3. The Morgan fingerprint density at radius 3 is 2.44 bits per heavy atom. The minimum atomic E-state index is -0.345. The van der Waals surface area contributed by atoms with Crippen molar-refractivity contribution in [3.05, 3.63) is 57.2 Å². The van der Waals surface area contributed by atoms with Crippen LogP contribution in [0.2, 0.25) is 0 Å². The summed E-state index contributed by atoms with van der Waals surface area (Å²) >= 11 is 5.58. The van der Waals surface area contributed by atoms with Crippen LogP contribution < -0.4 is 11.2 Å². The average Bonchev–Trinajstić information content (AvgIpc) is 2.40. The zero-order chi connectivity index (χ0) is 13.1. The van der Waals surface area contributed by atoms with Crippen LogP contribution in [0.3, 0.4) is 0 Å². The van der Waals surface area contributed by atoms with Crippen molar-refractivity contribution in [1.29, 1.82) is 0 Å². The first-order chi connectivity index (χ1) is 8.65. The van der Waals surface area contributed by atoms with E-state index in [1.54, 1.807) is 7.05 Å². The highest BCUT2D eigenvalue weighted by molar-refractivity contribution is 6.17. The second kappa shape index (κ2) is 5.23. The fourth-order valence-corrected chi connectivity index (χ4v) is 2.02. The lowest BCUT2D eigenvalue weighted by Gasteiger charge is -2.10. The highest BCUT2D eigenvalue weighted by Gasteiger charge is 2.09. The third-order valence-electron chi connectivity index (χ3n) is 2.78. The maximum atomic E-state index is 12.0. The smallest absolute Gasteiger partial charge is 0.296 e. The van der Waals surface area contributed by atoms with Gasteiger partial charge in [0.2, 0.25) is 0 Å². The van der Waals surface area contributed by atoms with Crippen LogP contribution in [-0.4, -0.2) is 15.0 Å². The number of nitrogens with zero attached hydrogens (tertiary/aromatic N) is 2. The van der Waals surface area contributed by atoms with E-state index in [-0.39, 0.29) is 23.7 Å². The van der Waals surface area contributed by atoms with Crippen LogP contribution in [0.4, 0.5) is 0 Å². The van der Waals surface area contributed by atoms with Crippen LogP contribution in [0.25, 0.3) is 11.3 Å². The van der Waals surface area contributed by atoms with Crippen molar-refractivity contribution in [3.63, 3.8) is 0 Å². The van der Waals surface area contributed by atoms with Gasteiger partial charge in [-0.05, 0) is 5.56 Å². The first kappa shape index (κ1) is 12.6. The van der Waals surface area contributed by atoms with Gasteiger partial charge in [-0.1, -0.05) is 30.3 Å². The maximum absolute atomic E-state index is 12.0. The summed E-state index contributed by atoms with van der Waals surface area (Å²) in [6.45, 7) is 0.224. The topological polar surface area (TPSA) is 44.0 Å². The van der Waals surface area contributed by atoms with Crippen molar-refractivity contribution in [2.45, 2.75) is 6.54 Å². The normalized spacial score (nSPS) is 10.6. The SMILES string of the molecule is Cn1c(-c2ccccc2)cc(=O)n(CCCl)c1=O. The van der Waals surface area contributed by atoms with E-state index in [1.807, 2.05) is 30.3 Å². The summed E-state index contributed by atoms with van der Waals surface area (Å²) in [6.07, 6.45) is 0. The van der Waals surface area contributed by atoms with Crippen molar-refractivity contribution in [2.24, 2.45) is 7.05 Å². The average molecular weight is 265 g/mol. The van der Waals surface area contributed by atoms with Crippen LogP contribution in [-0.2, 0) is 13.6 Å². The van der Waals surface area contributed by atoms with Crippen LogP contribution in [0.5, 0.6) is 0 Å². The van der Waals surface area contributed by atoms with E-state index in [2.05, 4.69) is 0 Å². The molecular weight excluding hydrogens is 252 g/mol. The second-order valence-corrected chi connectivity index (χ2v) is 4.29. The molecule has 0 saturated carbocycles. The van der Waals surface area contributed by atoms with Gasteiger partial charge in [0.1, 0.15) is 0 Å². The monoisotopic (exact) mass is 264 g/mol. The molecule has 0 atom stereocenters. The van der Waals surface area contributed by atoms with Crippen molar-refractivity contribution >= 4 is 11.6 Å². The molecule has 1 aromatic heterocycles. The summed E-state index contributed by atoms with van der Waals surface area (Å²) in [5, 5.41) is 0. The summed E-state index contributed by atoms with van der Waals surface area (Å²) in [7, 11) is 1.65. The van der Waals surface area contributed by atoms with Gasteiger partial charge in [-0.2, -0.15) is 0 Å². The molecule has 0 radical (unpaired) electrons. The molecule has 1 heterocycles. The van der Waals surface area contributed by atoms with Crippen molar-refractivity contribution < 1.29 is 0 Å². The van der Waals surface area contributed by atoms with Gasteiger partial charge in [0, 0.05) is 25.5 Å². The first-order valence-electron chi connectivity index (χ1n) is 5.57. The highest BCUT2D eigenvalue weighted by atomic mass is 35.5. The molecular formula is C13H13ClN2O2. The van der Waals surface area contributed by atoms with Gasteiger partial charge in [-0.3, -0.25) is 13.9 Å². The Hall–Kier alpha value is -1.81. The van der Waals surface area contributed by atoms with E-state index in [4.69, 9.17) is 11.6 Å². The summed E-state index contributed by atoms with van der Waals surface area (Å²) < 4.78 is 2.60. The molecule has 18 heavy (non-hydrogen) atoms. The van der Waals surface area contributed by atoms with Crippen LogP contribution >= 0.6 is 11.6 Å². The number of benzene rings is 1. The minimum absolute atomic E-state index is 0.224. The van der Waals surface area contributed by atoms with Crippen LogP contribution in [0.15, 0.2) is 46.0 Å². The molecule has 0 bridgehead atoms. The fourth-order valence-electron chi connectivity index (χ4n) is 1.85. The van der Waals surface area contributed by atoms with E-state index >= 15 is 0 Å². The van der Waals surface area contributed by atoms with Crippen molar-refractivity contribution in [3.8, 4) is 11.3 Å². The Morgan fingerprint density at radius 2 is 1.83 bits per heavy atom. The number of aromatic nitrogens is 2. The molecule has 5 heteroatoms. The molecule has 1 aromatic carbocycles. The zero-order valence-electron chi connectivity index (χ0n) is 9.97. The number of halogens is 1. The predicted octanol–water partition coefficient (Wildman–Crippen LogP) is 1.45. The summed E-state index contributed by atoms with van der Waals surface area (Å²) in [6, 6.07) is 10.8. The van der Waals surface area contributed by atoms with Crippen molar-refractivity contribution in [1.82, 2.24) is 9.13 Å². The predicted molar refractivity (Wildman–Crippen MR) is 72.1 cm³/mol. The Kier molecular flexibility index (Phi) is 3.67. The Morgan fingerprint density at radius 1 is 1.17 bits per heavy atom. The van der Waals surface area contributed by atoms with E-state index in [0.29, 0.717) is 5.69 Å². The lowest BCUT2D eigenvalue weighted by atomic mass is 10.1. The zero-order valence-corrected chi connectivity index (χ0v) is 10.7. The number of hydrogen-bond donors (Lipinski definition) is 0. The number of hydrogen-bond acceptors (Lipinski definition) is 2. The highest BCUT2D eigenvalue weighted by Crippen LogP contribution is 2.14. The summed E-state index contributed by atoms with van der Waals surface area (Å²) in [4.78, 5) is 23.9. The summed E-state index contributed by atoms with van der Waals surface area (Å²) in [5.74, 6) is 0.236. The van der Waals surface area contributed by atoms with E-state index < -0.39 is 0 Å². The van der Waals surface area contributed by atoms with Crippen LogP contribution in [0.1, 0.15) is 0 Å². The summed E-state index contributed by atoms with van der Waals surface area (Å²) in [5.41, 5.74) is 0.781. The molecule has 0 aliphatic rings. The number of alkyl halides is 1. The molecule has 0 spiro atoms. The molecule has 0 amide bonds. The molecule has 0 N–H and O–H groups in total. The lowest BCUT2D eigenvalue weighted by molar-refractivity contribution is 0.628. The lowest BCUT2D eigenvalue weighted by Crippen LogP contribution is -2.39. The molecule has 2 rings (SSSR count). The fraction of sp³-hybridized carbons (Fsp3) is 0.231. The molecule has 94 valence electrons. The Bertz CT molecular complexity index is 659. The van der Waals surface area contributed by atoms with Gasteiger partial charge in [-0.25, -0.2) is 4.79 Å². The van der Waals surface area contributed by atoms with Gasteiger partial charge in [-0.15, -0.1) is 11.6 Å². The van der Waals surface area contributed by atoms with Gasteiger partial charge in [0.25, 0.3) is 5.56 Å². The third-order valence-corrected chi connectivity index (χ3v) is 2.95. The first-order valence-corrected chi connectivity index (χ1v) is 6.11. The molecule has 0 saturated heterocycles. The molecule has 0 aliphatic heterocycles. The van der Waals surface area contributed by atoms with Gasteiger partial charge >= 0.3 is 5.69 Å². The van der Waals surface area contributed by atoms with Gasteiger partial charge < -0.3 is 0 Å². The quantitative estimate of drug-likeness (QED) is 0.788. The van der Waals surface area contributed by atoms with E-state index in [1.165, 1.54) is 10.6 Å². The third kappa shape index (κ3) is 2.24. The Labute approximate surface area is 109 Å². The van der Waals surface area contributed by atoms with Gasteiger partial charge in [0.05, 0.1) is 5.69 Å². The Balaban J connectivity index is 2.66. The molecule has 2 aromatic rings. The van der Waals surface area contributed by atoms with E-state index in [0.717, 1.165) is 10.1 Å². The van der Waals surface area contributed by atoms with E-state index in [9.17, 15) is 9.59 Å². The number of rotatable bonds is 3. The van der Waals surface area contributed by atoms with Crippen molar-refractivity contribution in [2.75, 3.05) is 5.88 Å². The molecule has 4 nitrogen and oxygen atoms in total. The minimum Gasteiger partial charge on any atom is -0.296 e. The largest absolute Gasteiger partial charge is 0.331 e. The molecule has 0 aliphatic carbocycles.